The second-order valence-corrected chi connectivity index (χ2v) is 7.25. The topological polar surface area (TPSA) is 80.9 Å². The van der Waals surface area contributed by atoms with Crippen molar-refractivity contribution in [3.05, 3.63) is 72.6 Å². The number of nitrogens with one attached hydrogen (secondary N) is 1. The third-order valence-electron chi connectivity index (χ3n) is 4.36. The number of thiazole rings is 1. The van der Waals surface area contributed by atoms with Crippen LogP contribution in [0.1, 0.15) is 5.69 Å². The Hall–Kier alpha value is -3.58. The van der Waals surface area contributed by atoms with E-state index in [2.05, 4.69) is 20.4 Å². The minimum atomic E-state index is -0.143. The molecule has 0 aliphatic rings. The van der Waals surface area contributed by atoms with Crippen LogP contribution in [0.15, 0.2) is 71.4 Å². The number of carbonyl (C=O) groups is 1. The summed E-state index contributed by atoms with van der Waals surface area (Å²) in [7, 11) is 0. The quantitative estimate of drug-likeness (QED) is 0.485. The standard InChI is InChI=1S/C21H14N4O2S/c26-19(12-17-15-4-1-2-6-18(15)27-25-17)23-14-9-7-13(8-10-14)20-24-16-5-3-11-22-21(16)28-20/h1-11H,12H2,(H,23,26). The molecule has 1 N–H and O–H groups in total. The van der Waals surface area contributed by atoms with E-state index in [1.165, 1.54) is 0 Å². The first-order valence-corrected chi connectivity index (χ1v) is 9.53. The van der Waals surface area contributed by atoms with Crippen molar-refractivity contribution in [2.24, 2.45) is 0 Å². The van der Waals surface area contributed by atoms with Crippen LogP contribution in [0.3, 0.4) is 0 Å². The number of amides is 1. The van der Waals surface area contributed by atoms with Gasteiger partial charge in [0.25, 0.3) is 0 Å². The van der Waals surface area contributed by atoms with E-state index < -0.39 is 0 Å². The molecule has 0 aliphatic heterocycles. The van der Waals surface area contributed by atoms with Crippen LogP contribution in [0.2, 0.25) is 0 Å². The van der Waals surface area contributed by atoms with Crippen LogP contribution in [0, 0.1) is 0 Å². The molecule has 0 spiro atoms. The summed E-state index contributed by atoms with van der Waals surface area (Å²) in [4.78, 5) is 22.2. The summed E-state index contributed by atoms with van der Waals surface area (Å²) < 4.78 is 5.25. The van der Waals surface area contributed by atoms with E-state index in [9.17, 15) is 4.79 Å². The van der Waals surface area contributed by atoms with Crippen molar-refractivity contribution < 1.29 is 9.32 Å². The van der Waals surface area contributed by atoms with Crippen molar-refractivity contribution in [2.75, 3.05) is 5.32 Å². The van der Waals surface area contributed by atoms with Gasteiger partial charge in [-0.1, -0.05) is 28.6 Å². The lowest BCUT2D eigenvalue weighted by atomic mass is 10.1. The fourth-order valence-electron chi connectivity index (χ4n) is 3.01. The summed E-state index contributed by atoms with van der Waals surface area (Å²) in [5.74, 6) is -0.143. The van der Waals surface area contributed by atoms with Crippen molar-refractivity contribution in [3.8, 4) is 10.6 Å². The summed E-state index contributed by atoms with van der Waals surface area (Å²) in [5, 5.41) is 8.67. The summed E-state index contributed by atoms with van der Waals surface area (Å²) >= 11 is 1.55. The van der Waals surface area contributed by atoms with Gasteiger partial charge in [0, 0.05) is 22.8 Å². The SMILES string of the molecule is O=C(Cc1noc2ccccc12)Nc1ccc(-c2nc3cccnc3s2)cc1. The van der Waals surface area contributed by atoms with E-state index in [0.717, 1.165) is 32.0 Å². The van der Waals surface area contributed by atoms with Crippen LogP contribution in [-0.4, -0.2) is 21.0 Å². The largest absolute Gasteiger partial charge is 0.356 e. The van der Waals surface area contributed by atoms with Gasteiger partial charge >= 0.3 is 0 Å². The lowest BCUT2D eigenvalue weighted by Crippen LogP contribution is -2.14. The second-order valence-electron chi connectivity index (χ2n) is 6.27. The van der Waals surface area contributed by atoms with E-state index in [0.29, 0.717) is 11.3 Å². The minimum Gasteiger partial charge on any atom is -0.356 e. The van der Waals surface area contributed by atoms with E-state index >= 15 is 0 Å². The normalized spacial score (nSPS) is 11.1. The number of nitrogens with zero attached hydrogens (tertiary/aromatic N) is 3. The molecule has 5 rings (SSSR count). The molecule has 0 atom stereocenters. The Kier molecular flexibility index (Phi) is 4.06. The molecule has 0 aliphatic carbocycles. The van der Waals surface area contributed by atoms with Crippen LogP contribution < -0.4 is 5.32 Å². The Morgan fingerprint density at radius 3 is 2.75 bits per heavy atom. The highest BCUT2D eigenvalue weighted by atomic mass is 32.1. The highest BCUT2D eigenvalue weighted by molar-refractivity contribution is 7.21. The summed E-state index contributed by atoms with van der Waals surface area (Å²) in [6, 6.07) is 19.0. The van der Waals surface area contributed by atoms with Gasteiger partial charge in [-0.2, -0.15) is 0 Å². The molecule has 0 saturated heterocycles. The summed E-state index contributed by atoms with van der Waals surface area (Å²) in [5.41, 5.74) is 3.91. The number of hydrogen-bond donors (Lipinski definition) is 1. The molecule has 2 aromatic carbocycles. The highest BCUT2D eigenvalue weighted by Crippen LogP contribution is 2.29. The van der Waals surface area contributed by atoms with E-state index in [4.69, 9.17) is 4.52 Å². The summed E-state index contributed by atoms with van der Waals surface area (Å²) in [6.45, 7) is 0. The van der Waals surface area contributed by atoms with Crippen LogP contribution in [-0.2, 0) is 11.2 Å². The first-order valence-electron chi connectivity index (χ1n) is 8.71. The number of pyridine rings is 1. The van der Waals surface area contributed by atoms with E-state index in [-0.39, 0.29) is 12.3 Å². The Labute approximate surface area is 163 Å². The van der Waals surface area contributed by atoms with Gasteiger partial charge < -0.3 is 9.84 Å². The Morgan fingerprint density at radius 2 is 1.89 bits per heavy atom. The predicted molar refractivity (Wildman–Crippen MR) is 109 cm³/mol. The number of para-hydroxylation sites is 1. The second kappa shape index (κ2) is 6.86. The number of anilines is 1. The molecule has 6 nitrogen and oxygen atoms in total. The van der Waals surface area contributed by atoms with Crippen LogP contribution in [0.5, 0.6) is 0 Å². The maximum Gasteiger partial charge on any atom is 0.230 e. The van der Waals surface area contributed by atoms with Gasteiger partial charge in [-0.05, 0) is 48.5 Å². The number of rotatable bonds is 4. The zero-order valence-corrected chi connectivity index (χ0v) is 15.4. The van der Waals surface area contributed by atoms with Crippen molar-refractivity contribution in [2.45, 2.75) is 6.42 Å². The molecular weight excluding hydrogens is 372 g/mol. The van der Waals surface area contributed by atoms with Crippen LogP contribution >= 0.6 is 11.3 Å². The zero-order valence-electron chi connectivity index (χ0n) is 14.6. The predicted octanol–water partition coefficient (Wildman–Crippen LogP) is 4.68. The van der Waals surface area contributed by atoms with E-state index in [1.807, 2.05) is 60.7 Å². The first-order chi connectivity index (χ1) is 13.8. The lowest BCUT2D eigenvalue weighted by molar-refractivity contribution is -0.115. The lowest BCUT2D eigenvalue weighted by Gasteiger charge is -2.05. The average molecular weight is 386 g/mol. The van der Waals surface area contributed by atoms with Gasteiger partial charge in [-0.15, -0.1) is 0 Å². The number of benzene rings is 2. The first kappa shape index (κ1) is 16.6. The Balaban J connectivity index is 1.31. The van der Waals surface area contributed by atoms with Crippen molar-refractivity contribution >= 4 is 44.2 Å². The zero-order chi connectivity index (χ0) is 18.9. The number of aromatic nitrogens is 3. The number of hydrogen-bond acceptors (Lipinski definition) is 6. The summed E-state index contributed by atoms with van der Waals surface area (Å²) in [6.07, 6.45) is 1.92. The van der Waals surface area contributed by atoms with Gasteiger partial charge in [0.2, 0.25) is 5.91 Å². The minimum absolute atomic E-state index is 0.143. The van der Waals surface area contributed by atoms with Gasteiger partial charge in [0.1, 0.15) is 21.0 Å². The maximum atomic E-state index is 12.4. The molecule has 5 aromatic rings. The molecule has 0 radical (unpaired) electrons. The third-order valence-corrected chi connectivity index (χ3v) is 5.39. The fraction of sp³-hybridized carbons (Fsp3) is 0.0476. The number of carbonyl (C=O) groups excluding carboxylic acids is 1. The molecule has 7 heteroatoms. The van der Waals surface area contributed by atoms with Gasteiger partial charge in [-0.3, -0.25) is 4.79 Å². The molecule has 136 valence electrons. The molecular formula is C21H14N4O2S. The van der Waals surface area contributed by atoms with Crippen molar-refractivity contribution in [3.63, 3.8) is 0 Å². The van der Waals surface area contributed by atoms with E-state index in [1.54, 1.807) is 17.5 Å². The Bertz CT molecular complexity index is 1260. The molecule has 0 fully saturated rings. The molecule has 0 bridgehead atoms. The van der Waals surface area contributed by atoms with Gasteiger partial charge in [0.05, 0.1) is 6.42 Å². The highest BCUT2D eigenvalue weighted by Gasteiger charge is 2.12. The third kappa shape index (κ3) is 3.12. The molecule has 0 saturated carbocycles. The average Bonchev–Trinajstić information content (AvgIpc) is 3.33. The van der Waals surface area contributed by atoms with Crippen molar-refractivity contribution in [1.29, 1.82) is 0 Å². The molecule has 3 aromatic heterocycles. The molecule has 0 unspecified atom stereocenters. The van der Waals surface area contributed by atoms with Gasteiger partial charge in [0.15, 0.2) is 5.58 Å². The molecule has 1 amide bonds. The number of fused-ring (bicyclic) bond motifs is 2. The molecule has 28 heavy (non-hydrogen) atoms. The van der Waals surface area contributed by atoms with Crippen LogP contribution in [0.4, 0.5) is 5.69 Å². The molecule has 3 heterocycles. The van der Waals surface area contributed by atoms with Crippen molar-refractivity contribution in [1.82, 2.24) is 15.1 Å². The van der Waals surface area contributed by atoms with Crippen LogP contribution in [0.25, 0.3) is 31.9 Å². The smallest absolute Gasteiger partial charge is 0.230 e. The Morgan fingerprint density at radius 1 is 1.04 bits per heavy atom. The van der Waals surface area contributed by atoms with Gasteiger partial charge in [-0.25, -0.2) is 9.97 Å². The maximum absolute atomic E-state index is 12.4. The fourth-order valence-corrected chi connectivity index (χ4v) is 3.93. The monoisotopic (exact) mass is 386 g/mol.